The Morgan fingerprint density at radius 1 is 0.839 bits per heavy atom. The number of nitrogens with zero attached hydrogens (tertiary/aromatic N) is 1. The van der Waals surface area contributed by atoms with Gasteiger partial charge in [0.1, 0.15) is 0 Å². The first-order valence-electron chi connectivity index (χ1n) is 10.5. The van der Waals surface area contributed by atoms with E-state index >= 15 is 0 Å². The van der Waals surface area contributed by atoms with Crippen LogP contribution in [-0.2, 0) is 4.79 Å². The molecule has 0 unspecified atom stereocenters. The van der Waals surface area contributed by atoms with Crippen molar-refractivity contribution >= 4 is 35.0 Å². The van der Waals surface area contributed by atoms with Crippen LogP contribution in [0.2, 0.25) is 0 Å². The van der Waals surface area contributed by atoms with Crippen molar-refractivity contribution in [1.29, 1.82) is 0 Å². The smallest absolute Gasteiger partial charge is 0.323 e. The largest absolute Gasteiger partial charge is 0.356 e. The van der Waals surface area contributed by atoms with Crippen molar-refractivity contribution in [2.24, 2.45) is 5.92 Å². The number of piperidine rings is 1. The van der Waals surface area contributed by atoms with Gasteiger partial charge in [-0.1, -0.05) is 17.7 Å². The molecular formula is C23H29N5O3. The first-order chi connectivity index (χ1) is 14.9. The molecule has 31 heavy (non-hydrogen) atoms. The summed E-state index contributed by atoms with van der Waals surface area (Å²) in [5.74, 6) is 0.0393. The molecule has 1 fully saturated rings. The number of hydrogen-bond donors (Lipinski definition) is 4. The van der Waals surface area contributed by atoms with E-state index in [9.17, 15) is 14.4 Å². The molecular weight excluding hydrogens is 394 g/mol. The van der Waals surface area contributed by atoms with Crippen molar-refractivity contribution in [3.8, 4) is 0 Å². The van der Waals surface area contributed by atoms with E-state index in [1.807, 2.05) is 38.1 Å². The maximum Gasteiger partial charge on any atom is 0.323 e. The molecule has 0 radical (unpaired) electrons. The molecule has 0 saturated carbocycles. The molecule has 164 valence electrons. The molecule has 4 N–H and O–H groups in total. The summed E-state index contributed by atoms with van der Waals surface area (Å²) in [6.07, 6.45) is 1.33. The van der Waals surface area contributed by atoms with E-state index in [0.29, 0.717) is 49.5 Å². The fraction of sp³-hybridized carbons (Fsp3) is 0.348. The van der Waals surface area contributed by atoms with E-state index in [1.54, 1.807) is 29.2 Å². The van der Waals surface area contributed by atoms with Crippen LogP contribution in [0.4, 0.5) is 26.7 Å². The third kappa shape index (κ3) is 6.47. The van der Waals surface area contributed by atoms with Crippen molar-refractivity contribution in [2.45, 2.75) is 26.7 Å². The number of nitrogens with one attached hydrogen (secondary N) is 4. The van der Waals surface area contributed by atoms with Gasteiger partial charge in [-0.15, -0.1) is 0 Å². The van der Waals surface area contributed by atoms with Crippen molar-refractivity contribution < 1.29 is 14.4 Å². The van der Waals surface area contributed by atoms with Gasteiger partial charge in [-0.2, -0.15) is 0 Å². The second-order valence-electron chi connectivity index (χ2n) is 7.61. The zero-order valence-corrected chi connectivity index (χ0v) is 17.9. The Kier molecular flexibility index (Phi) is 7.48. The lowest BCUT2D eigenvalue weighted by Crippen LogP contribution is -2.44. The average molecular weight is 424 g/mol. The van der Waals surface area contributed by atoms with E-state index in [1.165, 1.54) is 0 Å². The summed E-state index contributed by atoms with van der Waals surface area (Å²) in [6.45, 7) is 5.60. The normalized spacial score (nSPS) is 13.9. The summed E-state index contributed by atoms with van der Waals surface area (Å²) < 4.78 is 0. The van der Waals surface area contributed by atoms with Gasteiger partial charge in [-0.05, 0) is 63.1 Å². The van der Waals surface area contributed by atoms with Gasteiger partial charge >= 0.3 is 12.1 Å². The molecule has 0 aliphatic carbocycles. The number of aryl methyl sites for hydroxylation is 1. The Balaban J connectivity index is 1.45. The second-order valence-corrected chi connectivity index (χ2v) is 7.61. The number of carbonyl (C=O) groups is 3. The number of benzene rings is 2. The van der Waals surface area contributed by atoms with Gasteiger partial charge in [0, 0.05) is 42.6 Å². The number of anilines is 3. The number of hydrogen-bond acceptors (Lipinski definition) is 3. The fourth-order valence-electron chi connectivity index (χ4n) is 3.43. The van der Waals surface area contributed by atoms with Crippen LogP contribution >= 0.6 is 0 Å². The topological polar surface area (TPSA) is 103 Å². The third-order valence-corrected chi connectivity index (χ3v) is 5.21. The first-order valence-corrected chi connectivity index (χ1v) is 10.5. The Morgan fingerprint density at radius 3 is 1.84 bits per heavy atom. The average Bonchev–Trinajstić information content (AvgIpc) is 2.77. The van der Waals surface area contributed by atoms with Gasteiger partial charge in [-0.25, -0.2) is 9.59 Å². The number of carbonyl (C=O) groups excluding carboxylic acids is 3. The molecule has 0 bridgehead atoms. The molecule has 0 spiro atoms. The Hall–Kier alpha value is -3.55. The molecule has 2 aromatic rings. The van der Waals surface area contributed by atoms with Gasteiger partial charge in [0.15, 0.2) is 0 Å². The van der Waals surface area contributed by atoms with E-state index in [2.05, 4.69) is 21.3 Å². The lowest BCUT2D eigenvalue weighted by atomic mass is 9.96. The second kappa shape index (κ2) is 10.5. The van der Waals surface area contributed by atoms with Gasteiger partial charge in [-0.3, -0.25) is 4.79 Å². The minimum Gasteiger partial charge on any atom is -0.356 e. The summed E-state index contributed by atoms with van der Waals surface area (Å²) in [6, 6.07) is 13.9. The highest BCUT2D eigenvalue weighted by molar-refractivity contribution is 6.00. The van der Waals surface area contributed by atoms with Gasteiger partial charge in [0.05, 0.1) is 0 Å². The van der Waals surface area contributed by atoms with E-state index in [0.717, 1.165) is 5.56 Å². The molecule has 1 aliphatic heterocycles. The number of likely N-dealkylation sites (tertiary alicyclic amines) is 1. The zero-order valence-electron chi connectivity index (χ0n) is 17.9. The highest BCUT2D eigenvalue weighted by Crippen LogP contribution is 2.19. The first kappa shape index (κ1) is 22.1. The summed E-state index contributed by atoms with van der Waals surface area (Å²) in [5, 5.41) is 11.2. The highest BCUT2D eigenvalue weighted by Gasteiger charge is 2.27. The minimum absolute atomic E-state index is 0.0274. The molecule has 3 rings (SSSR count). The summed E-state index contributed by atoms with van der Waals surface area (Å²) in [5.41, 5.74) is 3.09. The minimum atomic E-state index is -0.337. The van der Waals surface area contributed by atoms with Crippen LogP contribution < -0.4 is 21.3 Å². The van der Waals surface area contributed by atoms with Crippen molar-refractivity contribution in [3.05, 3.63) is 54.1 Å². The number of amides is 5. The van der Waals surface area contributed by atoms with Crippen LogP contribution in [0.15, 0.2) is 48.5 Å². The fourth-order valence-corrected chi connectivity index (χ4v) is 3.43. The van der Waals surface area contributed by atoms with Crippen molar-refractivity contribution in [2.75, 3.05) is 35.6 Å². The zero-order chi connectivity index (χ0) is 22.2. The molecule has 0 aromatic heterocycles. The van der Waals surface area contributed by atoms with Crippen LogP contribution in [0.5, 0.6) is 0 Å². The molecule has 0 atom stereocenters. The van der Waals surface area contributed by atoms with Gasteiger partial charge in [0.25, 0.3) is 0 Å². The van der Waals surface area contributed by atoms with Crippen LogP contribution in [0.3, 0.4) is 0 Å². The van der Waals surface area contributed by atoms with E-state index < -0.39 is 0 Å². The molecule has 8 nitrogen and oxygen atoms in total. The third-order valence-electron chi connectivity index (χ3n) is 5.21. The maximum atomic E-state index is 12.5. The molecule has 5 amide bonds. The quantitative estimate of drug-likeness (QED) is 0.584. The predicted molar refractivity (Wildman–Crippen MR) is 122 cm³/mol. The highest BCUT2D eigenvalue weighted by atomic mass is 16.2. The molecule has 2 aromatic carbocycles. The van der Waals surface area contributed by atoms with Gasteiger partial charge in [0.2, 0.25) is 5.91 Å². The van der Waals surface area contributed by atoms with Crippen molar-refractivity contribution in [1.82, 2.24) is 10.2 Å². The Labute approximate surface area is 182 Å². The Bertz CT molecular complexity index is 904. The standard InChI is InChI=1S/C23H29N5O3/c1-3-24-21(29)17-12-14-28(15-13-17)23(31)27-20-10-8-19(9-11-20)26-22(30)25-18-6-4-16(2)5-7-18/h4-11,17H,3,12-15H2,1-2H3,(H,24,29)(H,27,31)(H2,25,26,30). The SMILES string of the molecule is CCNC(=O)C1CCN(C(=O)Nc2ccc(NC(=O)Nc3ccc(C)cc3)cc2)CC1. The lowest BCUT2D eigenvalue weighted by Gasteiger charge is -2.31. The van der Waals surface area contributed by atoms with Crippen LogP contribution in [0.25, 0.3) is 0 Å². The molecule has 1 heterocycles. The van der Waals surface area contributed by atoms with Crippen LogP contribution in [0.1, 0.15) is 25.3 Å². The summed E-state index contributed by atoms with van der Waals surface area (Å²) in [7, 11) is 0. The van der Waals surface area contributed by atoms with E-state index in [-0.39, 0.29) is 23.9 Å². The molecule has 1 saturated heterocycles. The maximum absolute atomic E-state index is 12.5. The summed E-state index contributed by atoms with van der Waals surface area (Å²) >= 11 is 0. The molecule has 8 heteroatoms. The molecule has 1 aliphatic rings. The monoisotopic (exact) mass is 423 g/mol. The van der Waals surface area contributed by atoms with Crippen LogP contribution in [0, 0.1) is 12.8 Å². The van der Waals surface area contributed by atoms with E-state index in [4.69, 9.17) is 0 Å². The van der Waals surface area contributed by atoms with Crippen molar-refractivity contribution in [3.63, 3.8) is 0 Å². The predicted octanol–water partition coefficient (Wildman–Crippen LogP) is 4.02. The lowest BCUT2D eigenvalue weighted by molar-refractivity contribution is -0.126. The Morgan fingerprint density at radius 2 is 1.32 bits per heavy atom. The number of urea groups is 2. The number of rotatable bonds is 5. The van der Waals surface area contributed by atoms with Crippen LogP contribution in [-0.4, -0.2) is 42.5 Å². The van der Waals surface area contributed by atoms with Gasteiger partial charge < -0.3 is 26.2 Å². The summed E-state index contributed by atoms with van der Waals surface area (Å²) in [4.78, 5) is 38.3.